The molecule has 0 unspecified atom stereocenters. The van der Waals surface area contributed by atoms with Gasteiger partial charge in [0.1, 0.15) is 0 Å². The Balaban J connectivity index is 1.75. The summed E-state index contributed by atoms with van der Waals surface area (Å²) in [4.78, 5) is 12.3. The smallest absolute Gasteiger partial charge is 0.305 e. The van der Waals surface area contributed by atoms with Crippen molar-refractivity contribution < 1.29 is 17.9 Å². The molecule has 1 aliphatic heterocycles. The third-order valence-corrected chi connectivity index (χ3v) is 7.70. The minimum absolute atomic E-state index is 0.226. The Morgan fingerprint density at radius 2 is 1.71 bits per heavy atom. The minimum atomic E-state index is -3.84. The van der Waals surface area contributed by atoms with Crippen LogP contribution in [0.15, 0.2) is 59.5 Å². The average molecular weight is 483 g/mol. The molecule has 2 aromatic carbocycles. The highest BCUT2D eigenvalue weighted by atomic mass is 32.2. The lowest BCUT2D eigenvalue weighted by atomic mass is 10.1. The van der Waals surface area contributed by atoms with Crippen LogP contribution in [0.4, 0.5) is 5.82 Å². The van der Waals surface area contributed by atoms with Gasteiger partial charge in [-0.1, -0.05) is 53.2 Å². The van der Waals surface area contributed by atoms with Crippen LogP contribution < -0.4 is 4.31 Å². The molecule has 0 bridgehead atoms. The highest BCUT2D eigenvalue weighted by Crippen LogP contribution is 2.28. The van der Waals surface area contributed by atoms with Gasteiger partial charge in [0.2, 0.25) is 0 Å². The average Bonchev–Trinajstić information content (AvgIpc) is 3.21. The van der Waals surface area contributed by atoms with E-state index in [9.17, 15) is 13.2 Å². The molecule has 4 rings (SSSR count). The van der Waals surface area contributed by atoms with Crippen LogP contribution in [0, 0.1) is 6.92 Å². The van der Waals surface area contributed by atoms with Crippen molar-refractivity contribution in [3.05, 3.63) is 71.4 Å². The molecule has 0 fully saturated rings. The van der Waals surface area contributed by atoms with Gasteiger partial charge in [0, 0.05) is 13.0 Å². The molecule has 8 nitrogen and oxygen atoms in total. The monoisotopic (exact) mass is 482 g/mol. The van der Waals surface area contributed by atoms with Crippen LogP contribution in [0.1, 0.15) is 48.9 Å². The van der Waals surface area contributed by atoms with Gasteiger partial charge in [-0.2, -0.15) is 0 Å². The van der Waals surface area contributed by atoms with Crippen LogP contribution in [-0.2, 0) is 32.5 Å². The molecule has 9 heteroatoms. The normalized spacial score (nSPS) is 16.0. The van der Waals surface area contributed by atoms with E-state index in [0.29, 0.717) is 50.3 Å². The van der Waals surface area contributed by atoms with Gasteiger partial charge in [-0.05, 0) is 56.7 Å². The fraction of sp³-hybridized carbons (Fsp3) is 0.400. The standard InChI is InChI=1S/C25H30N4O4S/c1-20-13-15-22(16-14-20)34(31,32)29-17-6-3-7-18-33-24(30)12-8-11-23-25(29)26-27-28(23)19-21-9-4-2-5-10-21/h2,4-5,9-10,13-16H,3,6-8,11-12,17-19H2,1H3. The van der Waals surface area contributed by atoms with Crippen molar-refractivity contribution in [2.24, 2.45) is 0 Å². The second kappa shape index (κ2) is 10.8. The highest BCUT2D eigenvalue weighted by molar-refractivity contribution is 7.92. The van der Waals surface area contributed by atoms with Crippen molar-refractivity contribution in [1.82, 2.24) is 15.0 Å². The number of carbonyl (C=O) groups excluding carboxylic acids is 1. The summed E-state index contributed by atoms with van der Waals surface area (Å²) in [5.74, 6) is 0.108. The Morgan fingerprint density at radius 3 is 2.47 bits per heavy atom. The summed E-state index contributed by atoms with van der Waals surface area (Å²) < 4.78 is 35.9. The van der Waals surface area contributed by atoms with E-state index < -0.39 is 10.0 Å². The highest BCUT2D eigenvalue weighted by Gasteiger charge is 2.30. The first-order valence-electron chi connectivity index (χ1n) is 11.7. The number of hydrogen-bond acceptors (Lipinski definition) is 6. The maximum atomic E-state index is 13.7. The summed E-state index contributed by atoms with van der Waals surface area (Å²) in [5, 5.41) is 8.70. The number of sulfonamides is 1. The Kier molecular flexibility index (Phi) is 7.62. The second-order valence-electron chi connectivity index (χ2n) is 8.53. The Morgan fingerprint density at radius 1 is 0.941 bits per heavy atom. The van der Waals surface area contributed by atoms with Crippen molar-refractivity contribution in [2.45, 2.75) is 56.9 Å². The zero-order valence-electron chi connectivity index (χ0n) is 19.4. The Bertz CT molecular complexity index is 1210. The van der Waals surface area contributed by atoms with Gasteiger partial charge in [0.15, 0.2) is 5.82 Å². The molecule has 180 valence electrons. The third kappa shape index (κ3) is 5.64. The van der Waals surface area contributed by atoms with Crippen LogP contribution in [0.5, 0.6) is 0 Å². The van der Waals surface area contributed by atoms with Crippen molar-refractivity contribution in [1.29, 1.82) is 0 Å². The first kappa shape index (κ1) is 23.9. The van der Waals surface area contributed by atoms with Crippen molar-refractivity contribution in [3.8, 4) is 0 Å². The number of esters is 1. The number of aromatic nitrogens is 3. The van der Waals surface area contributed by atoms with Crippen molar-refractivity contribution in [2.75, 3.05) is 17.5 Å². The van der Waals surface area contributed by atoms with Gasteiger partial charge in [-0.3, -0.25) is 4.79 Å². The van der Waals surface area contributed by atoms with Crippen LogP contribution in [0.2, 0.25) is 0 Å². The summed E-state index contributed by atoms with van der Waals surface area (Å²) in [6, 6.07) is 16.7. The van der Waals surface area contributed by atoms with Crippen LogP contribution in [0.3, 0.4) is 0 Å². The number of hydrogen-bond donors (Lipinski definition) is 0. The molecular formula is C25H30N4O4S. The summed E-state index contributed by atoms with van der Waals surface area (Å²) in [5.41, 5.74) is 2.72. The molecule has 0 aliphatic carbocycles. The van der Waals surface area contributed by atoms with Gasteiger partial charge in [0.05, 0.1) is 23.7 Å². The maximum Gasteiger partial charge on any atom is 0.305 e. The number of ether oxygens (including phenoxy) is 1. The maximum absolute atomic E-state index is 13.7. The predicted molar refractivity (Wildman–Crippen MR) is 129 cm³/mol. The SMILES string of the molecule is Cc1ccc(S(=O)(=O)N2CCCCCOC(=O)CCCc3c2nnn3Cc2ccccc2)cc1. The van der Waals surface area contributed by atoms with E-state index in [4.69, 9.17) is 4.74 Å². The first-order chi connectivity index (χ1) is 16.4. The van der Waals surface area contributed by atoms with Crippen molar-refractivity contribution in [3.63, 3.8) is 0 Å². The Labute approximate surface area is 200 Å². The predicted octanol–water partition coefficient (Wildman–Crippen LogP) is 3.88. The third-order valence-electron chi connectivity index (χ3n) is 5.90. The molecule has 0 saturated heterocycles. The number of anilines is 1. The molecule has 0 spiro atoms. The van der Waals surface area contributed by atoms with Crippen LogP contribution >= 0.6 is 0 Å². The molecule has 3 aromatic rings. The molecule has 0 atom stereocenters. The van der Waals surface area contributed by atoms with Gasteiger partial charge in [-0.15, -0.1) is 5.10 Å². The van der Waals surface area contributed by atoms with E-state index >= 15 is 0 Å². The molecule has 0 saturated carbocycles. The molecule has 1 aromatic heterocycles. The largest absolute Gasteiger partial charge is 0.466 e. The van der Waals surface area contributed by atoms with Gasteiger partial charge in [0.25, 0.3) is 10.0 Å². The lowest BCUT2D eigenvalue weighted by Gasteiger charge is -2.23. The fourth-order valence-corrected chi connectivity index (χ4v) is 5.49. The van der Waals surface area contributed by atoms with Crippen LogP contribution in [-0.4, -0.2) is 42.5 Å². The summed E-state index contributed by atoms with van der Waals surface area (Å²) in [6.07, 6.45) is 3.29. The van der Waals surface area contributed by atoms with Gasteiger partial charge >= 0.3 is 5.97 Å². The van der Waals surface area contributed by atoms with E-state index in [2.05, 4.69) is 10.3 Å². The number of aryl methyl sites for hydroxylation is 1. The van der Waals surface area contributed by atoms with E-state index in [1.54, 1.807) is 28.9 Å². The topological polar surface area (TPSA) is 94.4 Å². The number of benzene rings is 2. The van der Waals surface area contributed by atoms with Gasteiger partial charge in [-0.25, -0.2) is 17.4 Å². The van der Waals surface area contributed by atoms with Crippen LogP contribution in [0.25, 0.3) is 0 Å². The molecule has 0 N–H and O–H groups in total. The number of nitrogens with zero attached hydrogens (tertiary/aromatic N) is 4. The number of carbonyl (C=O) groups is 1. The lowest BCUT2D eigenvalue weighted by Crippen LogP contribution is -2.33. The quantitative estimate of drug-likeness (QED) is 0.524. The van der Waals surface area contributed by atoms with E-state index in [0.717, 1.165) is 17.5 Å². The first-order valence-corrected chi connectivity index (χ1v) is 13.1. The number of fused-ring (bicyclic) bond motifs is 1. The zero-order chi connectivity index (χ0) is 24.0. The number of cyclic esters (lactones) is 1. The summed E-state index contributed by atoms with van der Waals surface area (Å²) in [6.45, 7) is 3.02. The van der Waals surface area contributed by atoms with E-state index in [1.807, 2.05) is 37.3 Å². The molecule has 0 amide bonds. The van der Waals surface area contributed by atoms with Gasteiger partial charge < -0.3 is 4.74 Å². The lowest BCUT2D eigenvalue weighted by molar-refractivity contribution is -0.143. The zero-order valence-corrected chi connectivity index (χ0v) is 20.2. The fourth-order valence-electron chi connectivity index (χ4n) is 4.01. The van der Waals surface area contributed by atoms with Crippen molar-refractivity contribution >= 4 is 21.8 Å². The van der Waals surface area contributed by atoms with E-state index in [1.165, 1.54) is 4.31 Å². The second-order valence-corrected chi connectivity index (χ2v) is 10.4. The molecule has 2 heterocycles. The summed E-state index contributed by atoms with van der Waals surface area (Å²) in [7, 11) is -3.84. The summed E-state index contributed by atoms with van der Waals surface area (Å²) >= 11 is 0. The number of rotatable bonds is 4. The molecule has 1 aliphatic rings. The molecular weight excluding hydrogens is 452 g/mol. The Hall–Kier alpha value is -3.20. The molecule has 0 radical (unpaired) electrons. The minimum Gasteiger partial charge on any atom is -0.466 e. The van der Waals surface area contributed by atoms with E-state index in [-0.39, 0.29) is 23.8 Å². The molecule has 34 heavy (non-hydrogen) atoms.